The summed E-state index contributed by atoms with van der Waals surface area (Å²) >= 11 is 0. The number of fused-ring (bicyclic) bond motifs is 1. The summed E-state index contributed by atoms with van der Waals surface area (Å²) in [5.41, 5.74) is 6.76. The highest BCUT2D eigenvalue weighted by Crippen LogP contribution is 2.38. The fraction of sp³-hybridized carbons (Fsp3) is 0.462. The van der Waals surface area contributed by atoms with Crippen LogP contribution in [0.4, 0.5) is 18.9 Å². The molecule has 6 heteroatoms. The van der Waals surface area contributed by atoms with E-state index in [-0.39, 0.29) is 6.54 Å². The molecule has 0 unspecified atom stereocenters. The number of rotatable bonds is 0. The summed E-state index contributed by atoms with van der Waals surface area (Å²) in [4.78, 5) is 12.4. The van der Waals surface area contributed by atoms with Crippen LogP contribution in [0.1, 0.15) is 25.0 Å². The number of halogens is 3. The van der Waals surface area contributed by atoms with Crippen molar-refractivity contribution in [1.29, 1.82) is 0 Å². The molecule has 19 heavy (non-hydrogen) atoms. The van der Waals surface area contributed by atoms with Gasteiger partial charge in [-0.2, -0.15) is 13.2 Å². The van der Waals surface area contributed by atoms with Gasteiger partial charge in [0, 0.05) is 12.2 Å². The smallest absolute Gasteiger partial charge is 0.399 e. The number of benzene rings is 1. The minimum Gasteiger partial charge on any atom is -0.399 e. The van der Waals surface area contributed by atoms with Gasteiger partial charge in [0.1, 0.15) is 0 Å². The Balaban J connectivity index is 2.46. The summed E-state index contributed by atoms with van der Waals surface area (Å²) in [6.45, 7) is 3.27. The van der Waals surface area contributed by atoms with Gasteiger partial charge in [0.2, 0.25) is 0 Å². The predicted molar refractivity (Wildman–Crippen MR) is 65.4 cm³/mol. The lowest BCUT2D eigenvalue weighted by atomic mass is 9.83. The number of nitrogens with zero attached hydrogens (tertiary/aromatic N) is 1. The number of anilines is 1. The van der Waals surface area contributed by atoms with Crippen molar-refractivity contribution in [2.24, 2.45) is 0 Å². The number of nitrogens with two attached hydrogens (primary N) is 1. The van der Waals surface area contributed by atoms with Gasteiger partial charge in [-0.25, -0.2) is 0 Å². The first-order valence-corrected chi connectivity index (χ1v) is 5.91. The number of alkyl halides is 3. The molecule has 0 bridgehead atoms. The predicted octanol–water partition coefficient (Wildman–Crippen LogP) is 2.45. The molecule has 0 atom stereocenters. The fourth-order valence-electron chi connectivity index (χ4n) is 2.55. The molecule has 2 N–H and O–H groups in total. The van der Waals surface area contributed by atoms with Gasteiger partial charge in [0.25, 0.3) is 0 Å². The van der Waals surface area contributed by atoms with E-state index >= 15 is 0 Å². The molecule has 2 rings (SSSR count). The van der Waals surface area contributed by atoms with E-state index in [0.717, 1.165) is 10.5 Å². The number of carbonyl (C=O) groups is 1. The van der Waals surface area contributed by atoms with Gasteiger partial charge in [-0.3, -0.25) is 4.79 Å². The Hall–Kier alpha value is -1.72. The summed E-state index contributed by atoms with van der Waals surface area (Å²) in [6.07, 6.45) is -4.45. The summed E-state index contributed by atoms with van der Waals surface area (Å²) < 4.78 is 37.8. The highest BCUT2D eigenvalue weighted by atomic mass is 19.4. The average Bonchev–Trinajstić information content (AvgIpc) is 2.28. The largest absolute Gasteiger partial charge is 0.471 e. The molecule has 104 valence electrons. The van der Waals surface area contributed by atoms with Crippen LogP contribution in [0.2, 0.25) is 0 Å². The zero-order valence-corrected chi connectivity index (χ0v) is 10.7. The van der Waals surface area contributed by atoms with Crippen LogP contribution in [0.3, 0.4) is 0 Å². The summed E-state index contributed by atoms with van der Waals surface area (Å²) in [6, 6.07) is 5.17. The van der Waals surface area contributed by atoms with Crippen molar-refractivity contribution < 1.29 is 18.0 Å². The topological polar surface area (TPSA) is 46.3 Å². The van der Waals surface area contributed by atoms with E-state index in [1.807, 2.05) is 6.07 Å². The van der Waals surface area contributed by atoms with Crippen molar-refractivity contribution in [1.82, 2.24) is 4.90 Å². The number of carbonyl (C=O) groups excluding carboxylic acids is 1. The minimum atomic E-state index is -4.85. The molecule has 0 spiro atoms. The summed E-state index contributed by atoms with van der Waals surface area (Å²) in [5.74, 6) is -1.80. The zero-order chi connectivity index (χ0) is 14.4. The first kappa shape index (κ1) is 13.7. The van der Waals surface area contributed by atoms with Gasteiger partial charge >= 0.3 is 12.1 Å². The van der Waals surface area contributed by atoms with E-state index < -0.39 is 17.6 Å². The van der Waals surface area contributed by atoms with Crippen LogP contribution in [0, 0.1) is 0 Å². The van der Waals surface area contributed by atoms with E-state index in [0.29, 0.717) is 17.7 Å². The number of hydrogen-bond donors (Lipinski definition) is 1. The van der Waals surface area contributed by atoms with Crippen LogP contribution in [-0.2, 0) is 16.8 Å². The Morgan fingerprint density at radius 1 is 1.37 bits per heavy atom. The van der Waals surface area contributed by atoms with Crippen LogP contribution in [0.5, 0.6) is 0 Å². The second-order valence-electron chi connectivity index (χ2n) is 5.18. The molecule has 1 amide bonds. The second kappa shape index (κ2) is 4.15. The lowest BCUT2D eigenvalue weighted by molar-refractivity contribution is -0.191. The van der Waals surface area contributed by atoms with E-state index in [4.69, 9.17) is 5.73 Å². The van der Waals surface area contributed by atoms with Crippen molar-refractivity contribution in [2.45, 2.75) is 32.0 Å². The van der Waals surface area contributed by atoms with Crippen molar-refractivity contribution >= 4 is 11.6 Å². The Labute approximate surface area is 109 Å². The highest BCUT2D eigenvalue weighted by Gasteiger charge is 2.48. The number of hydrogen-bond acceptors (Lipinski definition) is 2. The Bertz CT molecular complexity index is 523. The van der Waals surface area contributed by atoms with E-state index in [1.54, 1.807) is 26.0 Å². The van der Waals surface area contributed by atoms with E-state index in [9.17, 15) is 18.0 Å². The Morgan fingerprint density at radius 2 is 2.00 bits per heavy atom. The molecular formula is C13H15F3N2O. The summed E-state index contributed by atoms with van der Waals surface area (Å²) in [7, 11) is 0. The number of amides is 1. The minimum absolute atomic E-state index is 0.0578. The Morgan fingerprint density at radius 3 is 2.58 bits per heavy atom. The quantitative estimate of drug-likeness (QED) is 0.737. The van der Waals surface area contributed by atoms with Crippen LogP contribution in [0.15, 0.2) is 18.2 Å². The van der Waals surface area contributed by atoms with Crippen LogP contribution >= 0.6 is 0 Å². The van der Waals surface area contributed by atoms with Crippen LogP contribution in [-0.4, -0.2) is 23.5 Å². The maximum absolute atomic E-state index is 12.6. The standard InChI is InChI=1S/C13H15F3N2O/c1-12(2)10-7-9(17)4-3-8(10)5-6-18(12)11(19)13(14,15)16/h3-4,7H,5-6,17H2,1-2H3. The molecule has 0 saturated heterocycles. The average molecular weight is 272 g/mol. The zero-order valence-electron chi connectivity index (χ0n) is 10.7. The van der Waals surface area contributed by atoms with Crippen molar-refractivity contribution in [3.05, 3.63) is 29.3 Å². The first-order valence-electron chi connectivity index (χ1n) is 5.91. The van der Waals surface area contributed by atoms with Gasteiger partial charge in [0.05, 0.1) is 5.54 Å². The normalized spacial score (nSPS) is 18.1. The SMILES string of the molecule is CC1(C)c2cc(N)ccc2CCN1C(=O)C(F)(F)F. The first-order chi connectivity index (χ1) is 8.64. The third-order valence-electron chi connectivity index (χ3n) is 3.56. The van der Waals surface area contributed by atoms with Gasteiger partial charge in [-0.15, -0.1) is 0 Å². The lowest BCUT2D eigenvalue weighted by Gasteiger charge is -2.44. The summed E-state index contributed by atoms with van der Waals surface area (Å²) in [5, 5.41) is 0. The molecule has 0 radical (unpaired) electrons. The highest BCUT2D eigenvalue weighted by molar-refractivity contribution is 5.83. The fourth-order valence-corrected chi connectivity index (χ4v) is 2.55. The molecule has 3 nitrogen and oxygen atoms in total. The molecule has 0 saturated carbocycles. The van der Waals surface area contributed by atoms with Crippen molar-refractivity contribution in [2.75, 3.05) is 12.3 Å². The molecule has 1 heterocycles. The van der Waals surface area contributed by atoms with Gasteiger partial charge < -0.3 is 10.6 Å². The third-order valence-corrected chi connectivity index (χ3v) is 3.56. The van der Waals surface area contributed by atoms with Gasteiger partial charge in [-0.05, 0) is 43.5 Å². The maximum atomic E-state index is 12.6. The molecule has 1 aromatic carbocycles. The molecule has 1 aliphatic rings. The van der Waals surface area contributed by atoms with Gasteiger partial charge in [-0.1, -0.05) is 6.07 Å². The monoisotopic (exact) mass is 272 g/mol. The van der Waals surface area contributed by atoms with Crippen LogP contribution in [0.25, 0.3) is 0 Å². The van der Waals surface area contributed by atoms with Crippen molar-refractivity contribution in [3.8, 4) is 0 Å². The second-order valence-corrected chi connectivity index (χ2v) is 5.18. The van der Waals surface area contributed by atoms with Crippen LogP contribution < -0.4 is 5.73 Å². The molecule has 0 aliphatic carbocycles. The molecule has 0 fully saturated rings. The molecule has 1 aliphatic heterocycles. The lowest BCUT2D eigenvalue weighted by Crippen LogP contribution is -2.54. The molecule has 1 aromatic rings. The maximum Gasteiger partial charge on any atom is 0.471 e. The molecular weight excluding hydrogens is 257 g/mol. The van der Waals surface area contributed by atoms with E-state index in [2.05, 4.69) is 0 Å². The third kappa shape index (κ3) is 2.27. The Kier molecular flexibility index (Phi) is 2.99. The van der Waals surface area contributed by atoms with Gasteiger partial charge in [0.15, 0.2) is 0 Å². The molecule has 0 aromatic heterocycles. The number of nitrogen functional groups attached to an aromatic ring is 1. The van der Waals surface area contributed by atoms with E-state index in [1.165, 1.54) is 0 Å². The van der Waals surface area contributed by atoms with Crippen molar-refractivity contribution in [3.63, 3.8) is 0 Å².